The van der Waals surface area contributed by atoms with Crippen molar-refractivity contribution >= 4 is 0 Å². The van der Waals surface area contributed by atoms with Crippen molar-refractivity contribution < 1.29 is 8.78 Å². The van der Waals surface area contributed by atoms with E-state index in [9.17, 15) is 8.78 Å². The molecule has 2 aromatic carbocycles. The Hall–Kier alpha value is -1.74. The highest BCUT2D eigenvalue weighted by atomic mass is 19.1. The molecular formula is C17H17F2N. The number of hydrogen-bond acceptors (Lipinski definition) is 1. The highest BCUT2D eigenvalue weighted by Crippen LogP contribution is 2.29. The molecule has 3 rings (SSSR count). The average Bonchev–Trinajstić information content (AvgIpc) is 2.44. The Morgan fingerprint density at radius 2 is 1.80 bits per heavy atom. The van der Waals surface area contributed by atoms with E-state index in [4.69, 9.17) is 0 Å². The van der Waals surface area contributed by atoms with Crippen molar-refractivity contribution in [2.45, 2.75) is 31.8 Å². The maximum Gasteiger partial charge on any atom is 0.126 e. The van der Waals surface area contributed by atoms with Gasteiger partial charge in [0.2, 0.25) is 0 Å². The Bertz CT molecular complexity index is 589. The Balaban J connectivity index is 1.73. The van der Waals surface area contributed by atoms with Gasteiger partial charge in [0.1, 0.15) is 11.6 Å². The standard InChI is InChI=1S/C17H17F2N/c18-14-8-12(9-15(19)10-14)11-20-17-7-3-5-13-4-1-2-6-16(13)17/h1-2,4,6,8-10,17,20H,3,5,7,11H2/t17-/m0/s1. The molecule has 3 heteroatoms. The van der Waals surface area contributed by atoms with E-state index < -0.39 is 11.6 Å². The average molecular weight is 273 g/mol. The summed E-state index contributed by atoms with van der Waals surface area (Å²) < 4.78 is 26.3. The Kier molecular flexibility index (Phi) is 3.79. The summed E-state index contributed by atoms with van der Waals surface area (Å²) in [6.07, 6.45) is 3.32. The van der Waals surface area contributed by atoms with Gasteiger partial charge in [-0.3, -0.25) is 0 Å². The molecule has 0 saturated carbocycles. The lowest BCUT2D eigenvalue weighted by atomic mass is 9.87. The van der Waals surface area contributed by atoms with Crippen LogP contribution in [0, 0.1) is 11.6 Å². The fraction of sp³-hybridized carbons (Fsp3) is 0.294. The van der Waals surface area contributed by atoms with Crippen LogP contribution in [0.25, 0.3) is 0 Å². The quantitative estimate of drug-likeness (QED) is 0.886. The van der Waals surface area contributed by atoms with Gasteiger partial charge in [0.25, 0.3) is 0 Å². The van der Waals surface area contributed by atoms with Crippen molar-refractivity contribution in [2.24, 2.45) is 0 Å². The Morgan fingerprint density at radius 3 is 2.60 bits per heavy atom. The van der Waals surface area contributed by atoms with E-state index in [2.05, 4.69) is 23.5 Å². The van der Waals surface area contributed by atoms with Gasteiger partial charge < -0.3 is 5.32 Å². The number of rotatable bonds is 3. The molecule has 0 unspecified atom stereocenters. The number of halogens is 2. The van der Waals surface area contributed by atoms with Gasteiger partial charge in [0, 0.05) is 18.7 Å². The first-order valence-corrected chi connectivity index (χ1v) is 6.98. The van der Waals surface area contributed by atoms with Crippen LogP contribution in [-0.4, -0.2) is 0 Å². The molecular weight excluding hydrogens is 256 g/mol. The molecule has 1 N–H and O–H groups in total. The Morgan fingerprint density at radius 1 is 1.05 bits per heavy atom. The van der Waals surface area contributed by atoms with E-state index in [1.54, 1.807) is 0 Å². The fourth-order valence-corrected chi connectivity index (χ4v) is 2.92. The number of benzene rings is 2. The molecule has 0 aliphatic heterocycles. The third-order valence-corrected chi connectivity index (χ3v) is 3.84. The first-order valence-electron chi connectivity index (χ1n) is 6.98. The van der Waals surface area contributed by atoms with Gasteiger partial charge in [-0.25, -0.2) is 8.78 Å². The second-order valence-corrected chi connectivity index (χ2v) is 5.30. The first kappa shape index (κ1) is 13.3. The molecule has 0 heterocycles. The predicted molar refractivity (Wildman–Crippen MR) is 75.3 cm³/mol. The topological polar surface area (TPSA) is 12.0 Å². The van der Waals surface area contributed by atoms with Gasteiger partial charge in [-0.15, -0.1) is 0 Å². The van der Waals surface area contributed by atoms with E-state index in [1.807, 2.05) is 6.07 Å². The molecule has 1 atom stereocenters. The van der Waals surface area contributed by atoms with Gasteiger partial charge >= 0.3 is 0 Å². The molecule has 1 aliphatic carbocycles. The fourth-order valence-electron chi connectivity index (χ4n) is 2.92. The number of nitrogens with one attached hydrogen (secondary N) is 1. The molecule has 0 aromatic heterocycles. The molecule has 0 saturated heterocycles. The lowest BCUT2D eigenvalue weighted by molar-refractivity contribution is 0.457. The summed E-state index contributed by atoms with van der Waals surface area (Å²) in [6, 6.07) is 12.3. The van der Waals surface area contributed by atoms with Gasteiger partial charge in [-0.05, 0) is 48.1 Å². The first-order chi connectivity index (χ1) is 9.72. The summed E-state index contributed by atoms with van der Waals surface area (Å²) in [7, 11) is 0. The minimum Gasteiger partial charge on any atom is -0.306 e. The van der Waals surface area contributed by atoms with Gasteiger partial charge in [0.05, 0.1) is 0 Å². The molecule has 0 radical (unpaired) electrons. The van der Waals surface area contributed by atoms with Crippen molar-refractivity contribution in [1.82, 2.24) is 5.32 Å². The van der Waals surface area contributed by atoms with E-state index in [0.717, 1.165) is 25.3 Å². The summed E-state index contributed by atoms with van der Waals surface area (Å²) >= 11 is 0. The molecule has 1 aliphatic rings. The number of hydrogen-bond donors (Lipinski definition) is 1. The van der Waals surface area contributed by atoms with Crippen LogP contribution in [-0.2, 0) is 13.0 Å². The number of fused-ring (bicyclic) bond motifs is 1. The maximum absolute atomic E-state index is 13.2. The van der Waals surface area contributed by atoms with Crippen molar-refractivity contribution in [3.05, 3.63) is 70.8 Å². The van der Waals surface area contributed by atoms with Crippen LogP contribution in [0.5, 0.6) is 0 Å². The van der Waals surface area contributed by atoms with E-state index >= 15 is 0 Å². The zero-order valence-corrected chi connectivity index (χ0v) is 11.2. The zero-order valence-electron chi connectivity index (χ0n) is 11.2. The van der Waals surface area contributed by atoms with Crippen LogP contribution in [0.2, 0.25) is 0 Å². The van der Waals surface area contributed by atoms with Crippen LogP contribution in [0.4, 0.5) is 8.78 Å². The van der Waals surface area contributed by atoms with Crippen molar-refractivity contribution in [3.63, 3.8) is 0 Å². The van der Waals surface area contributed by atoms with Crippen molar-refractivity contribution in [3.8, 4) is 0 Å². The lowest BCUT2D eigenvalue weighted by Crippen LogP contribution is -2.24. The van der Waals surface area contributed by atoms with Crippen molar-refractivity contribution in [2.75, 3.05) is 0 Å². The molecule has 1 nitrogen and oxygen atoms in total. The van der Waals surface area contributed by atoms with Gasteiger partial charge in [-0.2, -0.15) is 0 Å². The SMILES string of the molecule is Fc1cc(F)cc(CN[C@H]2CCCc3ccccc32)c1. The van der Waals surface area contributed by atoms with E-state index in [1.165, 1.54) is 23.3 Å². The van der Waals surface area contributed by atoms with Crippen LogP contribution in [0.1, 0.15) is 35.6 Å². The third-order valence-electron chi connectivity index (χ3n) is 3.84. The highest BCUT2D eigenvalue weighted by Gasteiger charge is 2.19. The largest absolute Gasteiger partial charge is 0.306 e. The number of aryl methyl sites for hydroxylation is 1. The normalized spacial score (nSPS) is 17.8. The minimum atomic E-state index is -0.522. The lowest BCUT2D eigenvalue weighted by Gasteiger charge is -2.26. The van der Waals surface area contributed by atoms with Crippen LogP contribution >= 0.6 is 0 Å². The van der Waals surface area contributed by atoms with E-state index in [0.29, 0.717) is 12.1 Å². The van der Waals surface area contributed by atoms with Crippen molar-refractivity contribution in [1.29, 1.82) is 0 Å². The smallest absolute Gasteiger partial charge is 0.126 e. The second-order valence-electron chi connectivity index (χ2n) is 5.30. The summed E-state index contributed by atoms with van der Waals surface area (Å²) in [5, 5.41) is 3.42. The maximum atomic E-state index is 13.2. The van der Waals surface area contributed by atoms with E-state index in [-0.39, 0.29) is 6.04 Å². The predicted octanol–water partition coefficient (Wildman–Crippen LogP) is 4.13. The molecule has 20 heavy (non-hydrogen) atoms. The molecule has 0 fully saturated rings. The highest BCUT2D eigenvalue weighted by molar-refractivity contribution is 5.32. The molecule has 0 spiro atoms. The summed E-state index contributed by atoms with van der Waals surface area (Å²) in [5.41, 5.74) is 3.34. The summed E-state index contributed by atoms with van der Waals surface area (Å²) in [6.45, 7) is 0.480. The van der Waals surface area contributed by atoms with Gasteiger partial charge in [-0.1, -0.05) is 24.3 Å². The molecule has 0 amide bonds. The van der Waals surface area contributed by atoms with Gasteiger partial charge in [0.15, 0.2) is 0 Å². The third kappa shape index (κ3) is 2.88. The Labute approximate surface area is 117 Å². The van der Waals surface area contributed by atoms with Crippen LogP contribution in [0.3, 0.4) is 0 Å². The van der Waals surface area contributed by atoms with Crippen LogP contribution < -0.4 is 5.32 Å². The summed E-state index contributed by atoms with van der Waals surface area (Å²) in [5.74, 6) is -1.04. The second kappa shape index (κ2) is 5.71. The summed E-state index contributed by atoms with van der Waals surface area (Å²) in [4.78, 5) is 0. The zero-order chi connectivity index (χ0) is 13.9. The molecule has 104 valence electrons. The minimum absolute atomic E-state index is 0.270. The molecule has 0 bridgehead atoms. The van der Waals surface area contributed by atoms with Crippen LogP contribution in [0.15, 0.2) is 42.5 Å². The molecule has 2 aromatic rings. The monoisotopic (exact) mass is 273 g/mol.